The number of hydrogen-bond acceptors (Lipinski definition) is 1. The fraction of sp³-hybridized carbons (Fsp3) is 0.750. The van der Waals surface area contributed by atoms with Crippen LogP contribution >= 0.6 is 0 Å². The highest BCUT2D eigenvalue weighted by atomic mass is 14.5. The van der Waals surface area contributed by atoms with Gasteiger partial charge < -0.3 is 5.73 Å². The molecule has 0 aromatic carbocycles. The van der Waals surface area contributed by atoms with Gasteiger partial charge in [0.25, 0.3) is 0 Å². The van der Waals surface area contributed by atoms with Crippen LogP contribution in [-0.4, -0.2) is 6.54 Å². The van der Waals surface area contributed by atoms with Gasteiger partial charge in [-0.15, -0.1) is 0 Å². The monoisotopic (exact) mass is 127 g/mol. The van der Waals surface area contributed by atoms with Crippen molar-refractivity contribution >= 4 is 0 Å². The second-order valence-corrected chi connectivity index (χ2v) is 3.35. The Balaban J connectivity index is 3.45. The Kier molecular flexibility index (Phi) is 3.55. The van der Waals surface area contributed by atoms with Crippen LogP contribution < -0.4 is 5.73 Å². The SMILES string of the molecule is CC(C)(C)/C=C/CCN. The Morgan fingerprint density at radius 1 is 1.33 bits per heavy atom. The highest BCUT2D eigenvalue weighted by molar-refractivity contribution is 4.91. The van der Waals surface area contributed by atoms with Crippen molar-refractivity contribution in [3.05, 3.63) is 12.2 Å². The molecule has 0 spiro atoms. The Morgan fingerprint density at radius 2 is 1.89 bits per heavy atom. The number of hydrogen-bond donors (Lipinski definition) is 1. The second-order valence-electron chi connectivity index (χ2n) is 3.35. The van der Waals surface area contributed by atoms with Crippen molar-refractivity contribution in [2.45, 2.75) is 27.2 Å². The maximum atomic E-state index is 5.31. The van der Waals surface area contributed by atoms with Gasteiger partial charge in [-0.25, -0.2) is 0 Å². The molecule has 0 rings (SSSR count). The molecule has 9 heavy (non-hydrogen) atoms. The minimum atomic E-state index is 0.315. The highest BCUT2D eigenvalue weighted by Gasteiger charge is 2.01. The standard InChI is InChI=1S/C8H17N/c1-8(2,3)6-4-5-7-9/h4,6H,5,7,9H2,1-3H3/b6-4+. The van der Waals surface area contributed by atoms with Crippen molar-refractivity contribution < 1.29 is 0 Å². The van der Waals surface area contributed by atoms with E-state index in [1.54, 1.807) is 0 Å². The lowest BCUT2D eigenvalue weighted by Gasteiger charge is -2.10. The van der Waals surface area contributed by atoms with E-state index in [0.29, 0.717) is 5.41 Å². The van der Waals surface area contributed by atoms with Gasteiger partial charge in [0.1, 0.15) is 0 Å². The van der Waals surface area contributed by atoms with Gasteiger partial charge in [-0.1, -0.05) is 32.9 Å². The van der Waals surface area contributed by atoms with E-state index in [4.69, 9.17) is 5.73 Å². The molecule has 0 radical (unpaired) electrons. The first-order chi connectivity index (χ1) is 4.06. The predicted molar refractivity (Wildman–Crippen MR) is 42.3 cm³/mol. The third-order valence-electron chi connectivity index (χ3n) is 0.951. The third-order valence-corrected chi connectivity index (χ3v) is 0.951. The zero-order chi connectivity index (χ0) is 7.33. The summed E-state index contributed by atoms with van der Waals surface area (Å²) in [6.07, 6.45) is 5.33. The predicted octanol–water partition coefficient (Wildman–Crippen LogP) is 1.94. The van der Waals surface area contributed by atoms with Crippen molar-refractivity contribution in [3.8, 4) is 0 Å². The molecule has 0 aromatic rings. The molecule has 1 heteroatoms. The lowest BCUT2D eigenvalue weighted by molar-refractivity contribution is 0.542. The Bertz CT molecular complexity index is 87.2. The molecular weight excluding hydrogens is 110 g/mol. The van der Waals surface area contributed by atoms with E-state index in [0.717, 1.165) is 13.0 Å². The van der Waals surface area contributed by atoms with E-state index in [1.165, 1.54) is 0 Å². The molecule has 0 heterocycles. The first-order valence-corrected chi connectivity index (χ1v) is 3.44. The minimum Gasteiger partial charge on any atom is -0.330 e. The van der Waals surface area contributed by atoms with Crippen LogP contribution in [0.5, 0.6) is 0 Å². The van der Waals surface area contributed by atoms with E-state index >= 15 is 0 Å². The maximum Gasteiger partial charge on any atom is -0.00426 e. The summed E-state index contributed by atoms with van der Waals surface area (Å²) < 4.78 is 0. The van der Waals surface area contributed by atoms with E-state index in [1.807, 2.05) is 0 Å². The van der Waals surface area contributed by atoms with Crippen LogP contribution in [0.2, 0.25) is 0 Å². The van der Waals surface area contributed by atoms with Gasteiger partial charge in [0, 0.05) is 0 Å². The Labute approximate surface area is 57.9 Å². The molecule has 0 unspecified atom stereocenters. The molecule has 54 valence electrons. The average molecular weight is 127 g/mol. The van der Waals surface area contributed by atoms with Gasteiger partial charge >= 0.3 is 0 Å². The van der Waals surface area contributed by atoms with Gasteiger partial charge in [0.15, 0.2) is 0 Å². The summed E-state index contributed by atoms with van der Waals surface area (Å²) in [6.45, 7) is 7.30. The zero-order valence-corrected chi connectivity index (χ0v) is 6.65. The molecule has 0 aromatic heterocycles. The second kappa shape index (κ2) is 3.67. The molecule has 2 N–H and O–H groups in total. The normalized spacial score (nSPS) is 12.9. The summed E-state index contributed by atoms with van der Waals surface area (Å²) in [5.41, 5.74) is 5.62. The molecule has 0 saturated heterocycles. The zero-order valence-electron chi connectivity index (χ0n) is 6.65. The number of nitrogens with two attached hydrogens (primary N) is 1. The molecule has 0 atom stereocenters. The van der Waals surface area contributed by atoms with Crippen molar-refractivity contribution in [3.63, 3.8) is 0 Å². The van der Waals surface area contributed by atoms with Crippen LogP contribution in [0.15, 0.2) is 12.2 Å². The molecular formula is C8H17N. The topological polar surface area (TPSA) is 26.0 Å². The summed E-state index contributed by atoms with van der Waals surface area (Å²) in [7, 11) is 0. The smallest absolute Gasteiger partial charge is 0.00426 e. The summed E-state index contributed by atoms with van der Waals surface area (Å²) in [6, 6.07) is 0. The quantitative estimate of drug-likeness (QED) is 0.564. The van der Waals surface area contributed by atoms with Gasteiger partial charge in [-0.3, -0.25) is 0 Å². The van der Waals surface area contributed by atoms with E-state index < -0.39 is 0 Å². The summed E-state index contributed by atoms with van der Waals surface area (Å²) in [5, 5.41) is 0. The van der Waals surface area contributed by atoms with Crippen LogP contribution in [0.25, 0.3) is 0 Å². The van der Waals surface area contributed by atoms with Gasteiger partial charge in [-0.2, -0.15) is 0 Å². The molecule has 1 nitrogen and oxygen atoms in total. The lowest BCUT2D eigenvalue weighted by Crippen LogP contribution is -2.00. The van der Waals surface area contributed by atoms with Crippen molar-refractivity contribution in [2.24, 2.45) is 11.1 Å². The summed E-state index contributed by atoms with van der Waals surface area (Å²) in [5.74, 6) is 0. The van der Waals surface area contributed by atoms with Gasteiger partial charge in [0.2, 0.25) is 0 Å². The molecule has 0 aliphatic rings. The first-order valence-electron chi connectivity index (χ1n) is 3.44. The molecule has 0 amide bonds. The van der Waals surface area contributed by atoms with E-state index in [9.17, 15) is 0 Å². The third kappa shape index (κ3) is 7.70. The van der Waals surface area contributed by atoms with Crippen LogP contribution in [0, 0.1) is 5.41 Å². The highest BCUT2D eigenvalue weighted by Crippen LogP contribution is 2.14. The molecule has 0 fully saturated rings. The first kappa shape index (κ1) is 8.70. The van der Waals surface area contributed by atoms with Crippen molar-refractivity contribution in [1.29, 1.82) is 0 Å². The molecule has 0 aliphatic carbocycles. The number of allylic oxidation sites excluding steroid dienone is 1. The Hall–Kier alpha value is -0.300. The van der Waals surface area contributed by atoms with Gasteiger partial charge in [0.05, 0.1) is 0 Å². The van der Waals surface area contributed by atoms with Crippen LogP contribution in [0.3, 0.4) is 0 Å². The minimum absolute atomic E-state index is 0.315. The summed E-state index contributed by atoms with van der Waals surface area (Å²) >= 11 is 0. The average Bonchev–Trinajstić information content (AvgIpc) is 1.63. The van der Waals surface area contributed by atoms with E-state index in [2.05, 4.69) is 32.9 Å². The van der Waals surface area contributed by atoms with E-state index in [-0.39, 0.29) is 0 Å². The summed E-state index contributed by atoms with van der Waals surface area (Å²) in [4.78, 5) is 0. The Morgan fingerprint density at radius 3 is 2.22 bits per heavy atom. The molecule has 0 saturated carbocycles. The maximum absolute atomic E-state index is 5.31. The lowest BCUT2D eigenvalue weighted by atomic mass is 9.96. The molecule has 0 bridgehead atoms. The fourth-order valence-corrected chi connectivity index (χ4v) is 0.533. The molecule has 0 aliphatic heterocycles. The van der Waals surface area contributed by atoms with Crippen LogP contribution in [0.1, 0.15) is 27.2 Å². The van der Waals surface area contributed by atoms with Gasteiger partial charge in [-0.05, 0) is 18.4 Å². The largest absolute Gasteiger partial charge is 0.330 e. The van der Waals surface area contributed by atoms with Crippen molar-refractivity contribution in [1.82, 2.24) is 0 Å². The van der Waals surface area contributed by atoms with Crippen LogP contribution in [0.4, 0.5) is 0 Å². The van der Waals surface area contributed by atoms with Crippen molar-refractivity contribution in [2.75, 3.05) is 6.54 Å². The van der Waals surface area contributed by atoms with Crippen LogP contribution in [-0.2, 0) is 0 Å². The fourth-order valence-electron chi connectivity index (χ4n) is 0.533. The number of rotatable bonds is 2.